The molecule has 0 heterocycles. The molecule has 1 atom stereocenters. The zero-order valence-corrected chi connectivity index (χ0v) is 8.71. The van der Waals surface area contributed by atoms with Crippen LogP contribution in [0.5, 0.6) is 5.75 Å². The van der Waals surface area contributed by atoms with Gasteiger partial charge in [-0.15, -0.1) is 0 Å². The van der Waals surface area contributed by atoms with E-state index in [2.05, 4.69) is 32.9 Å². The van der Waals surface area contributed by atoms with E-state index < -0.39 is 0 Å². The quantitative estimate of drug-likeness (QED) is 0.686. The Morgan fingerprint density at radius 3 is 2.77 bits per heavy atom. The van der Waals surface area contributed by atoms with E-state index in [1.807, 2.05) is 12.1 Å². The summed E-state index contributed by atoms with van der Waals surface area (Å²) in [6.07, 6.45) is 1.17. The van der Waals surface area contributed by atoms with Gasteiger partial charge in [0.2, 0.25) is 0 Å². The van der Waals surface area contributed by atoms with E-state index in [1.54, 1.807) is 0 Å². The second-order valence-corrected chi connectivity index (χ2v) is 3.64. The predicted molar refractivity (Wildman–Crippen MR) is 56.1 cm³/mol. The summed E-state index contributed by atoms with van der Waals surface area (Å²) in [7, 11) is 0. The maximum absolute atomic E-state index is 5.64. The van der Waals surface area contributed by atoms with Crippen LogP contribution in [0.1, 0.15) is 25.8 Å². The van der Waals surface area contributed by atoms with Crippen molar-refractivity contribution >= 4 is 0 Å². The van der Waals surface area contributed by atoms with Gasteiger partial charge in [0, 0.05) is 0 Å². The summed E-state index contributed by atoms with van der Waals surface area (Å²) in [5, 5.41) is 0. The van der Waals surface area contributed by atoms with Gasteiger partial charge in [-0.05, 0) is 30.5 Å². The lowest BCUT2D eigenvalue weighted by molar-refractivity contribution is 0.256. The summed E-state index contributed by atoms with van der Waals surface area (Å²) in [5.74, 6) is 1.63. The molecule has 1 aromatic carbocycles. The monoisotopic (exact) mass is 178 g/mol. The van der Waals surface area contributed by atoms with E-state index in [1.165, 1.54) is 12.0 Å². The smallest absolute Gasteiger partial charge is 0.119 e. The normalized spacial score (nSPS) is 12.5. The first kappa shape index (κ1) is 10.1. The highest BCUT2D eigenvalue weighted by atomic mass is 16.5. The first-order valence-electron chi connectivity index (χ1n) is 4.92. The summed E-state index contributed by atoms with van der Waals surface area (Å²) in [6, 6.07) is 8.19. The third-order valence-corrected chi connectivity index (χ3v) is 2.22. The average molecular weight is 178 g/mol. The van der Waals surface area contributed by atoms with Gasteiger partial charge in [-0.25, -0.2) is 0 Å². The minimum Gasteiger partial charge on any atom is -0.493 e. The third-order valence-electron chi connectivity index (χ3n) is 2.22. The van der Waals surface area contributed by atoms with Crippen LogP contribution in [0.3, 0.4) is 0 Å². The molecule has 1 aromatic rings. The molecular formula is C12H18O. The van der Waals surface area contributed by atoms with Crippen molar-refractivity contribution in [2.45, 2.75) is 27.2 Å². The lowest BCUT2D eigenvalue weighted by atomic mass is 10.1. The SMILES string of the molecule is CCC(C)COc1cccc(C)c1. The largest absolute Gasteiger partial charge is 0.493 e. The van der Waals surface area contributed by atoms with Gasteiger partial charge in [0.15, 0.2) is 0 Å². The highest BCUT2D eigenvalue weighted by Gasteiger charge is 1.99. The molecule has 1 nitrogen and oxygen atoms in total. The molecule has 0 aliphatic heterocycles. The lowest BCUT2D eigenvalue weighted by Crippen LogP contribution is -2.07. The molecule has 0 aromatic heterocycles. The van der Waals surface area contributed by atoms with Gasteiger partial charge in [-0.3, -0.25) is 0 Å². The Kier molecular flexibility index (Phi) is 3.81. The highest BCUT2D eigenvalue weighted by molar-refractivity contribution is 5.27. The van der Waals surface area contributed by atoms with Crippen LogP contribution in [0.15, 0.2) is 24.3 Å². The number of benzene rings is 1. The van der Waals surface area contributed by atoms with Crippen molar-refractivity contribution in [2.24, 2.45) is 5.92 Å². The molecule has 0 fully saturated rings. The Labute approximate surface area is 80.7 Å². The maximum Gasteiger partial charge on any atom is 0.119 e. The van der Waals surface area contributed by atoms with Gasteiger partial charge < -0.3 is 4.74 Å². The molecule has 0 radical (unpaired) electrons. The van der Waals surface area contributed by atoms with E-state index in [0.29, 0.717) is 5.92 Å². The van der Waals surface area contributed by atoms with E-state index in [0.717, 1.165) is 12.4 Å². The molecule has 0 saturated carbocycles. The van der Waals surface area contributed by atoms with Gasteiger partial charge in [0.05, 0.1) is 6.61 Å². The van der Waals surface area contributed by atoms with E-state index in [-0.39, 0.29) is 0 Å². The summed E-state index contributed by atoms with van der Waals surface area (Å²) in [5.41, 5.74) is 1.25. The van der Waals surface area contributed by atoms with Gasteiger partial charge >= 0.3 is 0 Å². The van der Waals surface area contributed by atoms with Crippen LogP contribution in [-0.2, 0) is 0 Å². The van der Waals surface area contributed by atoms with Crippen molar-refractivity contribution in [2.75, 3.05) is 6.61 Å². The summed E-state index contributed by atoms with van der Waals surface area (Å²) < 4.78 is 5.64. The summed E-state index contributed by atoms with van der Waals surface area (Å²) in [6.45, 7) is 7.29. The molecule has 0 aliphatic rings. The first-order valence-corrected chi connectivity index (χ1v) is 4.92. The Morgan fingerprint density at radius 1 is 1.38 bits per heavy atom. The van der Waals surface area contributed by atoms with Crippen LogP contribution in [0.2, 0.25) is 0 Å². The van der Waals surface area contributed by atoms with E-state index in [9.17, 15) is 0 Å². The molecule has 13 heavy (non-hydrogen) atoms. The zero-order chi connectivity index (χ0) is 9.68. The number of ether oxygens (including phenoxy) is 1. The molecule has 0 aliphatic carbocycles. The first-order chi connectivity index (χ1) is 6.22. The molecule has 0 amide bonds. The van der Waals surface area contributed by atoms with Crippen molar-refractivity contribution in [1.82, 2.24) is 0 Å². The topological polar surface area (TPSA) is 9.23 Å². The van der Waals surface area contributed by atoms with Gasteiger partial charge in [0.25, 0.3) is 0 Å². The van der Waals surface area contributed by atoms with Crippen LogP contribution in [0, 0.1) is 12.8 Å². The minimum atomic E-state index is 0.639. The molecule has 0 saturated heterocycles. The molecule has 0 spiro atoms. The van der Waals surface area contributed by atoms with Crippen molar-refractivity contribution in [3.8, 4) is 5.75 Å². The standard InChI is InChI=1S/C12H18O/c1-4-10(2)9-13-12-7-5-6-11(3)8-12/h5-8,10H,4,9H2,1-3H3. The van der Waals surface area contributed by atoms with Crippen molar-refractivity contribution < 1.29 is 4.74 Å². The summed E-state index contributed by atoms with van der Waals surface area (Å²) >= 11 is 0. The molecular weight excluding hydrogens is 160 g/mol. The molecule has 0 N–H and O–H groups in total. The van der Waals surface area contributed by atoms with Gasteiger partial charge in [-0.2, -0.15) is 0 Å². The van der Waals surface area contributed by atoms with Crippen molar-refractivity contribution in [3.05, 3.63) is 29.8 Å². The lowest BCUT2D eigenvalue weighted by Gasteiger charge is -2.10. The number of hydrogen-bond acceptors (Lipinski definition) is 1. The fourth-order valence-corrected chi connectivity index (χ4v) is 1.06. The maximum atomic E-state index is 5.64. The Balaban J connectivity index is 2.45. The second kappa shape index (κ2) is 4.90. The third kappa shape index (κ3) is 3.49. The molecule has 1 heteroatoms. The summed E-state index contributed by atoms with van der Waals surface area (Å²) in [4.78, 5) is 0. The Hall–Kier alpha value is -0.980. The Morgan fingerprint density at radius 2 is 2.15 bits per heavy atom. The number of rotatable bonds is 4. The number of aryl methyl sites for hydroxylation is 1. The van der Waals surface area contributed by atoms with E-state index in [4.69, 9.17) is 4.74 Å². The van der Waals surface area contributed by atoms with Gasteiger partial charge in [-0.1, -0.05) is 32.4 Å². The molecule has 1 unspecified atom stereocenters. The predicted octanol–water partition coefficient (Wildman–Crippen LogP) is 3.42. The zero-order valence-electron chi connectivity index (χ0n) is 8.71. The van der Waals surface area contributed by atoms with Crippen LogP contribution in [-0.4, -0.2) is 6.61 Å². The van der Waals surface area contributed by atoms with Crippen LogP contribution in [0.25, 0.3) is 0 Å². The second-order valence-electron chi connectivity index (χ2n) is 3.64. The van der Waals surface area contributed by atoms with Gasteiger partial charge in [0.1, 0.15) is 5.75 Å². The minimum absolute atomic E-state index is 0.639. The van der Waals surface area contributed by atoms with E-state index >= 15 is 0 Å². The fourth-order valence-electron chi connectivity index (χ4n) is 1.06. The van der Waals surface area contributed by atoms with Crippen LogP contribution in [0.4, 0.5) is 0 Å². The molecule has 1 rings (SSSR count). The van der Waals surface area contributed by atoms with Crippen molar-refractivity contribution in [3.63, 3.8) is 0 Å². The van der Waals surface area contributed by atoms with Crippen LogP contribution >= 0.6 is 0 Å². The highest BCUT2D eigenvalue weighted by Crippen LogP contribution is 2.13. The average Bonchev–Trinajstić information content (AvgIpc) is 2.14. The molecule has 0 bridgehead atoms. The number of hydrogen-bond donors (Lipinski definition) is 0. The Bertz CT molecular complexity index is 255. The molecule has 72 valence electrons. The van der Waals surface area contributed by atoms with Crippen LogP contribution < -0.4 is 4.74 Å². The fraction of sp³-hybridized carbons (Fsp3) is 0.500. The van der Waals surface area contributed by atoms with Crippen molar-refractivity contribution in [1.29, 1.82) is 0 Å².